The van der Waals surface area contributed by atoms with Crippen molar-refractivity contribution < 1.29 is 14.6 Å². The maximum atomic E-state index is 10.7. The molecule has 0 fully saturated rings. The molecule has 0 saturated heterocycles. The van der Waals surface area contributed by atoms with Crippen LogP contribution in [0.5, 0.6) is 0 Å². The van der Waals surface area contributed by atoms with E-state index < -0.39 is 18.1 Å². The van der Waals surface area contributed by atoms with E-state index >= 15 is 0 Å². The Kier molecular flexibility index (Phi) is 4.81. The average molecular weight is 161 g/mol. The minimum absolute atomic E-state index is 0.524. The van der Waals surface area contributed by atoms with Crippen LogP contribution in [0.25, 0.3) is 0 Å². The molecule has 0 heterocycles. The molecule has 2 atom stereocenters. The molecule has 11 heavy (non-hydrogen) atoms. The summed E-state index contributed by atoms with van der Waals surface area (Å²) in [6, 6.07) is -0.903. The summed E-state index contributed by atoms with van der Waals surface area (Å²) < 4.78 is 4.36. The van der Waals surface area contributed by atoms with E-state index in [9.17, 15) is 9.90 Å². The van der Waals surface area contributed by atoms with E-state index in [-0.39, 0.29) is 0 Å². The molecule has 0 aromatic carbocycles. The summed E-state index contributed by atoms with van der Waals surface area (Å²) in [6.07, 6.45) is 0.537. The van der Waals surface area contributed by atoms with Crippen LogP contribution in [0.1, 0.15) is 19.8 Å². The third-order valence-corrected chi connectivity index (χ3v) is 1.47. The van der Waals surface area contributed by atoms with Gasteiger partial charge in [-0.3, -0.25) is 4.79 Å². The molecule has 66 valence electrons. The van der Waals surface area contributed by atoms with Gasteiger partial charge < -0.3 is 15.6 Å². The predicted octanol–water partition coefficient (Wildman–Crippen LogP) is -0.352. The van der Waals surface area contributed by atoms with E-state index in [1.807, 2.05) is 6.92 Å². The lowest BCUT2D eigenvalue weighted by Gasteiger charge is -2.14. The summed E-state index contributed by atoms with van der Waals surface area (Å²) >= 11 is 0. The van der Waals surface area contributed by atoms with Crippen molar-refractivity contribution in [2.45, 2.75) is 31.9 Å². The summed E-state index contributed by atoms with van der Waals surface area (Å²) in [5.41, 5.74) is 5.33. The Morgan fingerprint density at radius 2 is 2.27 bits per heavy atom. The van der Waals surface area contributed by atoms with Crippen molar-refractivity contribution in [3.8, 4) is 0 Å². The maximum absolute atomic E-state index is 10.7. The minimum atomic E-state index is -0.903. The zero-order valence-corrected chi connectivity index (χ0v) is 6.91. The van der Waals surface area contributed by atoms with Crippen molar-refractivity contribution in [1.82, 2.24) is 0 Å². The number of aliphatic hydroxyl groups is 1. The molecule has 0 amide bonds. The zero-order chi connectivity index (χ0) is 8.85. The fourth-order valence-electron chi connectivity index (χ4n) is 0.768. The van der Waals surface area contributed by atoms with Crippen LogP contribution < -0.4 is 5.73 Å². The Morgan fingerprint density at radius 3 is 2.64 bits per heavy atom. The van der Waals surface area contributed by atoms with Crippen LogP contribution in [0.2, 0.25) is 0 Å². The second kappa shape index (κ2) is 5.09. The first-order valence-corrected chi connectivity index (χ1v) is 3.65. The first-order valence-electron chi connectivity index (χ1n) is 3.65. The van der Waals surface area contributed by atoms with Crippen molar-refractivity contribution in [3.63, 3.8) is 0 Å². The van der Waals surface area contributed by atoms with Crippen molar-refractivity contribution >= 4 is 5.97 Å². The highest BCUT2D eigenvalue weighted by molar-refractivity contribution is 5.75. The lowest BCUT2D eigenvalue weighted by atomic mass is 10.1. The minimum Gasteiger partial charge on any atom is -0.468 e. The van der Waals surface area contributed by atoms with Gasteiger partial charge in [0.1, 0.15) is 6.04 Å². The molecule has 0 bridgehead atoms. The number of ether oxygens (including phenoxy) is 1. The molecule has 0 aromatic rings. The van der Waals surface area contributed by atoms with Gasteiger partial charge in [-0.2, -0.15) is 0 Å². The maximum Gasteiger partial charge on any atom is 0.325 e. The molecular weight excluding hydrogens is 146 g/mol. The lowest BCUT2D eigenvalue weighted by molar-refractivity contribution is -0.144. The van der Waals surface area contributed by atoms with Gasteiger partial charge in [-0.25, -0.2) is 0 Å². The van der Waals surface area contributed by atoms with Gasteiger partial charge >= 0.3 is 5.97 Å². The van der Waals surface area contributed by atoms with Gasteiger partial charge in [0.2, 0.25) is 0 Å². The van der Waals surface area contributed by atoms with Gasteiger partial charge in [0.25, 0.3) is 0 Å². The number of nitrogens with two attached hydrogens (primary N) is 1. The highest BCUT2D eigenvalue weighted by Crippen LogP contribution is 2.00. The molecule has 0 rings (SSSR count). The van der Waals surface area contributed by atoms with Crippen LogP contribution in [0.15, 0.2) is 0 Å². The summed E-state index contributed by atoms with van der Waals surface area (Å²) in [6.45, 7) is 1.91. The third-order valence-electron chi connectivity index (χ3n) is 1.47. The first kappa shape index (κ1) is 10.4. The molecule has 4 heteroatoms. The van der Waals surface area contributed by atoms with Crippen molar-refractivity contribution in [2.24, 2.45) is 5.73 Å². The Labute approximate surface area is 66.3 Å². The fraction of sp³-hybridized carbons (Fsp3) is 0.857. The van der Waals surface area contributed by atoms with Gasteiger partial charge in [-0.1, -0.05) is 13.3 Å². The summed E-state index contributed by atoms with van der Waals surface area (Å²) in [5, 5.41) is 9.19. The van der Waals surface area contributed by atoms with Crippen LogP contribution in [0.4, 0.5) is 0 Å². The number of carbonyl (C=O) groups excluding carboxylic acids is 1. The fourth-order valence-corrected chi connectivity index (χ4v) is 0.768. The van der Waals surface area contributed by atoms with E-state index in [2.05, 4.69) is 4.74 Å². The van der Waals surface area contributed by atoms with Gasteiger partial charge in [0, 0.05) is 0 Å². The standard InChI is InChI=1S/C7H15NO3/c1-3-4-5(9)6(8)7(10)11-2/h5-6,9H,3-4,8H2,1-2H3/t5-,6+/m1/s1. The molecule has 0 aliphatic rings. The SMILES string of the molecule is CCC[C@@H](O)[C@H](N)C(=O)OC. The van der Waals surface area contributed by atoms with Crippen LogP contribution in [0.3, 0.4) is 0 Å². The molecule has 0 aliphatic carbocycles. The number of esters is 1. The smallest absolute Gasteiger partial charge is 0.325 e. The molecular formula is C7H15NO3. The third kappa shape index (κ3) is 3.34. The first-order chi connectivity index (χ1) is 5.13. The molecule has 4 nitrogen and oxygen atoms in total. The number of aliphatic hydroxyl groups excluding tert-OH is 1. The molecule has 0 spiro atoms. The Hall–Kier alpha value is -0.610. The Morgan fingerprint density at radius 1 is 1.73 bits per heavy atom. The molecule has 0 saturated carbocycles. The number of carbonyl (C=O) groups is 1. The van der Waals surface area contributed by atoms with Crippen LogP contribution in [0, 0.1) is 0 Å². The number of methoxy groups -OCH3 is 1. The number of hydrogen-bond donors (Lipinski definition) is 2. The predicted molar refractivity (Wildman–Crippen MR) is 40.9 cm³/mol. The zero-order valence-electron chi connectivity index (χ0n) is 6.91. The summed E-state index contributed by atoms with van der Waals surface area (Å²) in [4.78, 5) is 10.7. The van der Waals surface area contributed by atoms with E-state index in [1.54, 1.807) is 0 Å². The second-order valence-electron chi connectivity index (χ2n) is 2.40. The summed E-state index contributed by atoms with van der Waals surface area (Å²) in [7, 11) is 1.25. The number of rotatable bonds is 4. The van der Waals surface area contributed by atoms with Crippen molar-refractivity contribution in [2.75, 3.05) is 7.11 Å². The largest absolute Gasteiger partial charge is 0.468 e. The lowest BCUT2D eigenvalue weighted by Crippen LogP contribution is -2.42. The molecule has 3 N–H and O–H groups in total. The molecule has 0 unspecified atom stereocenters. The van der Waals surface area contributed by atoms with E-state index in [1.165, 1.54) is 7.11 Å². The highest BCUT2D eigenvalue weighted by atomic mass is 16.5. The van der Waals surface area contributed by atoms with Gasteiger partial charge in [0.05, 0.1) is 13.2 Å². The molecule has 0 aliphatic heterocycles. The van der Waals surface area contributed by atoms with Crippen molar-refractivity contribution in [1.29, 1.82) is 0 Å². The van der Waals surface area contributed by atoms with Gasteiger partial charge in [0.15, 0.2) is 0 Å². The molecule has 0 radical (unpaired) electrons. The normalized spacial score (nSPS) is 15.6. The highest BCUT2D eigenvalue weighted by Gasteiger charge is 2.21. The summed E-state index contributed by atoms with van der Waals surface area (Å²) in [5.74, 6) is -0.564. The van der Waals surface area contributed by atoms with E-state index in [4.69, 9.17) is 5.73 Å². The Balaban J connectivity index is 3.80. The van der Waals surface area contributed by atoms with Crippen molar-refractivity contribution in [3.05, 3.63) is 0 Å². The van der Waals surface area contributed by atoms with Gasteiger partial charge in [-0.05, 0) is 6.42 Å². The van der Waals surface area contributed by atoms with Gasteiger partial charge in [-0.15, -0.1) is 0 Å². The topological polar surface area (TPSA) is 72.5 Å². The van der Waals surface area contributed by atoms with Crippen LogP contribution in [-0.2, 0) is 9.53 Å². The number of hydrogen-bond acceptors (Lipinski definition) is 4. The van der Waals surface area contributed by atoms with E-state index in [0.29, 0.717) is 6.42 Å². The monoisotopic (exact) mass is 161 g/mol. The van der Waals surface area contributed by atoms with E-state index in [0.717, 1.165) is 6.42 Å². The van der Waals surface area contributed by atoms with Crippen LogP contribution >= 0.6 is 0 Å². The average Bonchev–Trinajstić information content (AvgIpc) is 2.02. The molecule has 0 aromatic heterocycles. The quantitative estimate of drug-likeness (QED) is 0.553. The second-order valence-corrected chi connectivity index (χ2v) is 2.40. The Bertz CT molecular complexity index is 127. The van der Waals surface area contributed by atoms with Crippen LogP contribution in [-0.4, -0.2) is 30.3 Å².